The number of hydrogen-bond acceptors (Lipinski definition) is 3. The van der Waals surface area contributed by atoms with Gasteiger partial charge in [-0.3, -0.25) is 4.79 Å². The van der Waals surface area contributed by atoms with Crippen LogP contribution in [-0.2, 0) is 11.2 Å². The van der Waals surface area contributed by atoms with Crippen LogP contribution in [0.3, 0.4) is 0 Å². The van der Waals surface area contributed by atoms with Crippen molar-refractivity contribution in [3.05, 3.63) is 23.8 Å². The van der Waals surface area contributed by atoms with Crippen molar-refractivity contribution in [1.29, 1.82) is 0 Å². The summed E-state index contributed by atoms with van der Waals surface area (Å²) < 4.78 is 11.0. The van der Waals surface area contributed by atoms with Crippen LogP contribution in [0.4, 0.5) is 0 Å². The summed E-state index contributed by atoms with van der Waals surface area (Å²) in [6.45, 7) is 2.52. The van der Waals surface area contributed by atoms with Crippen LogP contribution in [0.1, 0.15) is 25.3 Å². The minimum Gasteiger partial charge on any atom is -0.496 e. The zero-order valence-electron chi connectivity index (χ0n) is 10.9. The third-order valence-corrected chi connectivity index (χ3v) is 3.04. The first-order valence-electron chi connectivity index (χ1n) is 6.32. The number of ether oxygens (including phenoxy) is 2. The fraction of sp³-hybridized carbons (Fsp3) is 0.500. The first kappa shape index (κ1) is 12.7. The topological polar surface area (TPSA) is 47.6 Å². The highest BCUT2D eigenvalue weighted by atomic mass is 16.5. The first-order valence-corrected chi connectivity index (χ1v) is 6.32. The van der Waals surface area contributed by atoms with Crippen molar-refractivity contribution in [2.24, 2.45) is 0 Å². The van der Waals surface area contributed by atoms with Crippen LogP contribution < -0.4 is 14.8 Å². The molecule has 0 spiro atoms. The molecule has 4 heteroatoms. The molecule has 1 unspecified atom stereocenters. The summed E-state index contributed by atoms with van der Waals surface area (Å²) in [5.74, 6) is 1.77. The average Bonchev–Trinajstić information content (AvgIpc) is 2.38. The minimum absolute atomic E-state index is 0.0350. The van der Waals surface area contributed by atoms with Crippen LogP contribution in [0.5, 0.6) is 11.5 Å². The van der Waals surface area contributed by atoms with Crippen molar-refractivity contribution in [2.75, 3.05) is 13.7 Å². The second-order valence-corrected chi connectivity index (χ2v) is 4.47. The van der Waals surface area contributed by atoms with E-state index in [2.05, 4.69) is 5.32 Å². The molecule has 18 heavy (non-hydrogen) atoms. The summed E-state index contributed by atoms with van der Waals surface area (Å²) in [6.07, 6.45) is 2.18. The van der Waals surface area contributed by atoms with Gasteiger partial charge in [-0.1, -0.05) is 13.0 Å². The van der Waals surface area contributed by atoms with E-state index in [1.165, 1.54) is 0 Å². The van der Waals surface area contributed by atoms with Gasteiger partial charge in [-0.05, 0) is 18.6 Å². The number of amides is 1. The van der Waals surface area contributed by atoms with Gasteiger partial charge in [0.15, 0.2) is 0 Å². The number of carbonyl (C=O) groups excluding carboxylic acids is 1. The molecule has 0 aromatic heterocycles. The molecule has 1 amide bonds. The molecule has 0 aliphatic carbocycles. The van der Waals surface area contributed by atoms with Gasteiger partial charge in [-0.25, -0.2) is 0 Å². The maximum absolute atomic E-state index is 11.6. The maximum Gasteiger partial charge on any atom is 0.220 e. The Morgan fingerprint density at radius 1 is 1.56 bits per heavy atom. The van der Waals surface area contributed by atoms with Crippen molar-refractivity contribution >= 4 is 5.91 Å². The van der Waals surface area contributed by atoms with Crippen LogP contribution in [-0.4, -0.2) is 25.7 Å². The molecule has 1 N–H and O–H groups in total. The van der Waals surface area contributed by atoms with E-state index < -0.39 is 0 Å². The standard InChI is InChI=1S/C14H19NO3/c1-3-5-14(16)15-10-8-11-12(17-2)6-4-7-13(11)18-9-10/h4,6-7,10H,3,5,8-9H2,1-2H3,(H,15,16). The van der Waals surface area contributed by atoms with Crippen LogP contribution in [0.15, 0.2) is 18.2 Å². The Bertz CT molecular complexity index is 417. The molecule has 0 bridgehead atoms. The highest BCUT2D eigenvalue weighted by molar-refractivity contribution is 5.76. The molecular weight excluding hydrogens is 230 g/mol. The predicted octanol–water partition coefficient (Wildman–Crippen LogP) is 1.92. The predicted molar refractivity (Wildman–Crippen MR) is 69.0 cm³/mol. The van der Waals surface area contributed by atoms with Gasteiger partial charge in [0.1, 0.15) is 18.1 Å². The van der Waals surface area contributed by atoms with Gasteiger partial charge in [-0.15, -0.1) is 0 Å². The fourth-order valence-electron chi connectivity index (χ4n) is 2.19. The van der Waals surface area contributed by atoms with Crippen molar-refractivity contribution in [1.82, 2.24) is 5.32 Å². The molecule has 1 aliphatic heterocycles. The molecule has 0 fully saturated rings. The summed E-state index contributed by atoms with van der Waals surface area (Å²) in [6, 6.07) is 5.79. The molecule has 0 radical (unpaired) electrons. The SMILES string of the molecule is CCCC(=O)NC1COc2cccc(OC)c2C1. The summed E-state index contributed by atoms with van der Waals surface area (Å²) >= 11 is 0. The van der Waals surface area contributed by atoms with Crippen LogP contribution in [0.2, 0.25) is 0 Å². The van der Waals surface area contributed by atoms with E-state index in [-0.39, 0.29) is 11.9 Å². The second kappa shape index (κ2) is 5.76. The molecule has 1 aromatic rings. The number of nitrogens with one attached hydrogen (secondary N) is 1. The zero-order chi connectivity index (χ0) is 13.0. The lowest BCUT2D eigenvalue weighted by atomic mass is 10.0. The van der Waals surface area contributed by atoms with Crippen LogP contribution in [0, 0.1) is 0 Å². The van der Waals surface area contributed by atoms with Crippen molar-refractivity contribution in [2.45, 2.75) is 32.2 Å². The quantitative estimate of drug-likeness (QED) is 0.886. The van der Waals surface area contributed by atoms with Gasteiger partial charge < -0.3 is 14.8 Å². The van der Waals surface area contributed by atoms with Gasteiger partial charge in [-0.2, -0.15) is 0 Å². The molecule has 98 valence electrons. The number of methoxy groups -OCH3 is 1. The number of carbonyl (C=O) groups is 1. The molecule has 1 aromatic carbocycles. The Hall–Kier alpha value is -1.71. The van der Waals surface area contributed by atoms with E-state index in [1.54, 1.807) is 7.11 Å². The van der Waals surface area contributed by atoms with Crippen LogP contribution in [0.25, 0.3) is 0 Å². The van der Waals surface area contributed by atoms with E-state index in [9.17, 15) is 4.79 Å². The zero-order valence-corrected chi connectivity index (χ0v) is 10.9. The highest BCUT2D eigenvalue weighted by Crippen LogP contribution is 2.32. The van der Waals surface area contributed by atoms with E-state index in [0.717, 1.165) is 29.9 Å². The molecule has 0 saturated carbocycles. The Balaban J connectivity index is 2.07. The van der Waals surface area contributed by atoms with Gasteiger partial charge in [0.25, 0.3) is 0 Å². The Labute approximate surface area is 107 Å². The molecule has 0 saturated heterocycles. The van der Waals surface area contributed by atoms with Gasteiger partial charge in [0, 0.05) is 18.4 Å². The number of hydrogen-bond donors (Lipinski definition) is 1. The summed E-state index contributed by atoms with van der Waals surface area (Å²) in [4.78, 5) is 11.6. The van der Waals surface area contributed by atoms with E-state index >= 15 is 0 Å². The first-order chi connectivity index (χ1) is 8.74. The number of fused-ring (bicyclic) bond motifs is 1. The van der Waals surface area contributed by atoms with Crippen molar-refractivity contribution in [3.63, 3.8) is 0 Å². The maximum atomic E-state index is 11.6. The largest absolute Gasteiger partial charge is 0.496 e. The molecule has 1 aliphatic rings. The monoisotopic (exact) mass is 249 g/mol. The Kier molecular flexibility index (Phi) is 4.07. The third kappa shape index (κ3) is 2.75. The van der Waals surface area contributed by atoms with Crippen molar-refractivity contribution in [3.8, 4) is 11.5 Å². The Morgan fingerprint density at radius 2 is 2.39 bits per heavy atom. The lowest BCUT2D eigenvalue weighted by Crippen LogP contribution is -2.42. The lowest BCUT2D eigenvalue weighted by Gasteiger charge is -2.27. The van der Waals surface area contributed by atoms with Gasteiger partial charge >= 0.3 is 0 Å². The smallest absolute Gasteiger partial charge is 0.220 e. The lowest BCUT2D eigenvalue weighted by molar-refractivity contribution is -0.122. The number of rotatable bonds is 4. The Morgan fingerprint density at radius 3 is 3.11 bits per heavy atom. The summed E-state index contributed by atoms with van der Waals surface area (Å²) in [5, 5.41) is 2.99. The average molecular weight is 249 g/mol. The van der Waals surface area contributed by atoms with E-state index in [1.807, 2.05) is 25.1 Å². The molecule has 2 rings (SSSR count). The third-order valence-electron chi connectivity index (χ3n) is 3.04. The minimum atomic E-state index is 0.0350. The van der Waals surface area contributed by atoms with E-state index in [0.29, 0.717) is 13.0 Å². The van der Waals surface area contributed by atoms with Crippen LogP contribution >= 0.6 is 0 Å². The van der Waals surface area contributed by atoms with Gasteiger partial charge in [0.2, 0.25) is 5.91 Å². The summed E-state index contributed by atoms with van der Waals surface area (Å²) in [7, 11) is 1.65. The van der Waals surface area contributed by atoms with E-state index in [4.69, 9.17) is 9.47 Å². The molecular formula is C14H19NO3. The molecule has 1 atom stereocenters. The second-order valence-electron chi connectivity index (χ2n) is 4.47. The number of benzene rings is 1. The van der Waals surface area contributed by atoms with Gasteiger partial charge in [0.05, 0.1) is 13.2 Å². The normalized spacial score (nSPS) is 17.6. The fourth-order valence-corrected chi connectivity index (χ4v) is 2.19. The van der Waals surface area contributed by atoms with Crippen molar-refractivity contribution < 1.29 is 14.3 Å². The molecule has 4 nitrogen and oxygen atoms in total. The summed E-state index contributed by atoms with van der Waals surface area (Å²) in [5.41, 5.74) is 1.04. The molecule has 1 heterocycles. The highest BCUT2D eigenvalue weighted by Gasteiger charge is 2.23.